The molecule has 0 atom stereocenters. The third kappa shape index (κ3) is 2.24. The topological polar surface area (TPSA) is 58.6 Å². The second-order valence-corrected chi connectivity index (χ2v) is 3.12. The summed E-state index contributed by atoms with van der Waals surface area (Å²) in [6.45, 7) is 7.20. The maximum Gasteiger partial charge on any atom is 0.252 e. The average molecular weight is 223 g/mol. The zero-order chi connectivity index (χ0) is 12.3. The molecule has 2 rings (SSSR count). The number of hydrogen-bond donors (Lipinski definition) is 1. The predicted molar refractivity (Wildman–Crippen MR) is 60.9 cm³/mol. The van der Waals surface area contributed by atoms with E-state index in [9.17, 15) is 9.18 Å². The van der Waals surface area contributed by atoms with Crippen molar-refractivity contribution in [2.45, 2.75) is 27.7 Å². The maximum absolute atomic E-state index is 13.0. The van der Waals surface area contributed by atoms with Gasteiger partial charge in [0, 0.05) is 5.56 Å². The fraction of sp³-hybridized carbons (Fsp3) is 0.364. The van der Waals surface area contributed by atoms with E-state index in [0.29, 0.717) is 11.1 Å². The Labute approximate surface area is 92.6 Å². The number of H-pyrrole nitrogens is 1. The van der Waals surface area contributed by atoms with Gasteiger partial charge in [-0.3, -0.25) is 4.79 Å². The van der Waals surface area contributed by atoms with Crippen LogP contribution in [-0.4, -0.2) is 15.0 Å². The second-order valence-electron chi connectivity index (χ2n) is 3.12. The van der Waals surface area contributed by atoms with Crippen LogP contribution in [0, 0.1) is 19.8 Å². The van der Waals surface area contributed by atoms with Gasteiger partial charge in [0.15, 0.2) is 5.65 Å². The lowest BCUT2D eigenvalue weighted by molar-refractivity contribution is 0.570. The Morgan fingerprint density at radius 2 is 1.88 bits per heavy atom. The predicted octanol–water partition coefficient (Wildman–Crippen LogP) is 2.10. The quantitative estimate of drug-likeness (QED) is 0.744. The number of nitrogens with one attached hydrogen (secondary N) is 1. The summed E-state index contributed by atoms with van der Waals surface area (Å²) in [7, 11) is 0. The maximum atomic E-state index is 13.0. The first-order valence-electron chi connectivity index (χ1n) is 5.11. The Morgan fingerprint density at radius 3 is 2.50 bits per heavy atom. The van der Waals surface area contributed by atoms with Crippen molar-refractivity contribution in [1.82, 2.24) is 15.0 Å². The number of fused-ring (bicyclic) bond motifs is 1. The number of halogens is 1. The fourth-order valence-corrected chi connectivity index (χ4v) is 1.19. The first-order valence-corrected chi connectivity index (χ1v) is 5.11. The summed E-state index contributed by atoms with van der Waals surface area (Å²) in [6, 6.07) is 1.59. The van der Waals surface area contributed by atoms with Gasteiger partial charge < -0.3 is 4.98 Å². The molecule has 0 amide bonds. The largest absolute Gasteiger partial charge is 0.305 e. The number of aromatic nitrogens is 3. The first kappa shape index (κ1) is 12.3. The zero-order valence-electron chi connectivity index (χ0n) is 9.76. The molecule has 0 fully saturated rings. The number of hydrogen-bond acceptors (Lipinski definition) is 3. The van der Waals surface area contributed by atoms with Crippen LogP contribution in [0.4, 0.5) is 4.39 Å². The molecule has 0 radical (unpaired) electrons. The smallest absolute Gasteiger partial charge is 0.252 e. The molecular weight excluding hydrogens is 209 g/mol. The summed E-state index contributed by atoms with van der Waals surface area (Å²) in [6.07, 6.45) is 0. The van der Waals surface area contributed by atoms with Crippen molar-refractivity contribution in [3.05, 3.63) is 33.6 Å². The molecule has 16 heavy (non-hydrogen) atoms. The van der Waals surface area contributed by atoms with Crippen LogP contribution in [0.15, 0.2) is 10.9 Å². The Balaban J connectivity index is 0.000000606. The van der Waals surface area contributed by atoms with E-state index in [0.717, 1.165) is 0 Å². The van der Waals surface area contributed by atoms with Crippen LogP contribution in [0.25, 0.3) is 11.2 Å². The van der Waals surface area contributed by atoms with Crippen LogP contribution < -0.4 is 5.56 Å². The van der Waals surface area contributed by atoms with E-state index in [4.69, 9.17) is 0 Å². The Kier molecular flexibility index (Phi) is 3.71. The van der Waals surface area contributed by atoms with Gasteiger partial charge in [-0.15, -0.1) is 0 Å². The lowest BCUT2D eigenvalue weighted by Gasteiger charge is -1.99. The number of pyridine rings is 1. The van der Waals surface area contributed by atoms with Gasteiger partial charge in [-0.25, -0.2) is 4.98 Å². The van der Waals surface area contributed by atoms with Crippen LogP contribution in [0.3, 0.4) is 0 Å². The SMILES string of the molecule is CC.Cc1nc2cc(C)c(=O)[nH]c2nc1F. The first-order chi connectivity index (χ1) is 7.58. The summed E-state index contributed by atoms with van der Waals surface area (Å²) in [5, 5.41) is 0. The molecule has 1 N–H and O–H groups in total. The normalized spacial score (nSPS) is 9.81. The molecule has 2 heterocycles. The van der Waals surface area contributed by atoms with E-state index < -0.39 is 5.95 Å². The van der Waals surface area contributed by atoms with E-state index in [1.807, 2.05) is 13.8 Å². The molecule has 0 aliphatic carbocycles. The van der Waals surface area contributed by atoms with Crippen LogP contribution in [0.2, 0.25) is 0 Å². The van der Waals surface area contributed by atoms with Gasteiger partial charge in [-0.2, -0.15) is 9.37 Å². The highest BCUT2D eigenvalue weighted by Crippen LogP contribution is 2.08. The number of rotatable bonds is 0. The Hall–Kier alpha value is -1.78. The van der Waals surface area contributed by atoms with Crippen LogP contribution in [0.1, 0.15) is 25.1 Å². The highest BCUT2D eigenvalue weighted by atomic mass is 19.1. The van der Waals surface area contributed by atoms with Gasteiger partial charge in [-0.1, -0.05) is 13.8 Å². The van der Waals surface area contributed by atoms with Crippen LogP contribution in [-0.2, 0) is 0 Å². The molecule has 2 aromatic rings. The third-order valence-corrected chi connectivity index (χ3v) is 1.98. The summed E-state index contributed by atoms with van der Waals surface area (Å²) in [5.74, 6) is -0.656. The summed E-state index contributed by atoms with van der Waals surface area (Å²) in [5.41, 5.74) is 1.18. The second kappa shape index (κ2) is 4.83. The number of aryl methyl sites for hydroxylation is 2. The average Bonchev–Trinajstić information content (AvgIpc) is 2.26. The van der Waals surface area contributed by atoms with E-state index in [-0.39, 0.29) is 16.9 Å². The van der Waals surface area contributed by atoms with Gasteiger partial charge in [0.1, 0.15) is 5.52 Å². The summed E-state index contributed by atoms with van der Waals surface area (Å²) in [4.78, 5) is 21.2. The molecule has 4 nitrogen and oxygen atoms in total. The van der Waals surface area contributed by atoms with E-state index in [1.165, 1.54) is 6.92 Å². The monoisotopic (exact) mass is 223 g/mol. The van der Waals surface area contributed by atoms with Crippen molar-refractivity contribution in [3.63, 3.8) is 0 Å². The van der Waals surface area contributed by atoms with Gasteiger partial charge in [0.05, 0.1) is 5.69 Å². The number of aromatic amines is 1. The lowest BCUT2D eigenvalue weighted by atomic mass is 10.3. The van der Waals surface area contributed by atoms with Crippen molar-refractivity contribution in [2.75, 3.05) is 0 Å². The standard InChI is InChI=1S/C9H8FN3O.C2H6/c1-4-3-6-8(13-9(4)14)12-7(10)5(2)11-6;1-2/h3H,1-2H3,(H,12,13,14);1-2H3. The fourth-order valence-electron chi connectivity index (χ4n) is 1.19. The highest BCUT2D eigenvalue weighted by Gasteiger charge is 2.05. The van der Waals surface area contributed by atoms with Crippen molar-refractivity contribution < 1.29 is 4.39 Å². The molecule has 0 bridgehead atoms. The van der Waals surface area contributed by atoms with Crippen molar-refractivity contribution in [3.8, 4) is 0 Å². The molecule has 0 aliphatic rings. The van der Waals surface area contributed by atoms with E-state index >= 15 is 0 Å². The minimum Gasteiger partial charge on any atom is -0.305 e. The van der Waals surface area contributed by atoms with Crippen LogP contribution in [0.5, 0.6) is 0 Å². The minimum atomic E-state index is -0.656. The van der Waals surface area contributed by atoms with Crippen LogP contribution >= 0.6 is 0 Å². The molecule has 5 heteroatoms. The molecule has 2 aromatic heterocycles. The Bertz CT molecular complexity index is 563. The molecule has 0 aromatic carbocycles. The van der Waals surface area contributed by atoms with Crippen molar-refractivity contribution in [1.29, 1.82) is 0 Å². The lowest BCUT2D eigenvalue weighted by Crippen LogP contribution is -2.11. The third-order valence-electron chi connectivity index (χ3n) is 1.98. The van der Waals surface area contributed by atoms with Gasteiger partial charge in [0.2, 0.25) is 5.95 Å². The van der Waals surface area contributed by atoms with E-state index in [2.05, 4.69) is 15.0 Å². The van der Waals surface area contributed by atoms with E-state index in [1.54, 1.807) is 13.0 Å². The molecule has 0 aliphatic heterocycles. The zero-order valence-corrected chi connectivity index (χ0v) is 9.76. The number of nitrogens with zero attached hydrogens (tertiary/aromatic N) is 2. The van der Waals surface area contributed by atoms with Crippen molar-refractivity contribution >= 4 is 11.2 Å². The van der Waals surface area contributed by atoms with Gasteiger partial charge >= 0.3 is 0 Å². The van der Waals surface area contributed by atoms with Crippen molar-refractivity contribution in [2.24, 2.45) is 0 Å². The molecule has 0 saturated carbocycles. The minimum absolute atomic E-state index is 0.184. The molecule has 0 unspecified atom stereocenters. The molecule has 0 saturated heterocycles. The summed E-state index contributed by atoms with van der Waals surface area (Å²) < 4.78 is 13.0. The molecule has 86 valence electrons. The summed E-state index contributed by atoms with van der Waals surface area (Å²) >= 11 is 0. The van der Waals surface area contributed by atoms with Gasteiger partial charge in [0.25, 0.3) is 5.56 Å². The highest BCUT2D eigenvalue weighted by molar-refractivity contribution is 5.69. The Morgan fingerprint density at radius 1 is 1.25 bits per heavy atom. The van der Waals surface area contributed by atoms with Gasteiger partial charge in [-0.05, 0) is 19.9 Å². The molecular formula is C11H14FN3O. The molecule has 0 spiro atoms.